The van der Waals surface area contributed by atoms with Gasteiger partial charge in [0, 0.05) is 20.9 Å². The van der Waals surface area contributed by atoms with Gasteiger partial charge in [0.15, 0.2) is 0 Å². The highest BCUT2D eigenvalue weighted by molar-refractivity contribution is 6.98. The zero-order chi connectivity index (χ0) is 36.4. The highest BCUT2D eigenvalue weighted by Gasteiger charge is 2.49. The van der Waals surface area contributed by atoms with E-state index in [1.807, 2.05) is 48.5 Å². The van der Waals surface area contributed by atoms with Gasteiger partial charge >= 0.3 is 0 Å². The molecule has 3 aromatic carbocycles. The van der Waals surface area contributed by atoms with Crippen LogP contribution in [0.5, 0.6) is 5.75 Å². The molecule has 2 N–H and O–H groups in total. The number of hydrogen-bond donors (Lipinski definition) is 2. The van der Waals surface area contributed by atoms with Crippen molar-refractivity contribution in [2.75, 3.05) is 7.11 Å². The Kier molecular flexibility index (Phi) is 14.5. The Morgan fingerprint density at radius 3 is 2.00 bits per heavy atom. The van der Waals surface area contributed by atoms with Crippen LogP contribution in [0.3, 0.4) is 0 Å². The number of aliphatic hydroxyl groups excluding tert-OH is 1. The molecule has 5 nitrogen and oxygen atoms in total. The second-order valence-electron chi connectivity index (χ2n) is 16.4. The summed E-state index contributed by atoms with van der Waals surface area (Å²) in [4.78, 5) is 12.7. The molecule has 272 valence electrons. The molecule has 0 spiro atoms. The van der Waals surface area contributed by atoms with Crippen molar-refractivity contribution in [1.82, 2.24) is 0 Å². The Morgan fingerprint density at radius 1 is 0.900 bits per heavy atom. The highest BCUT2D eigenvalue weighted by atomic mass is 28.4. The van der Waals surface area contributed by atoms with Gasteiger partial charge in [-0.25, -0.2) is 0 Å². The molecule has 0 saturated carbocycles. The van der Waals surface area contributed by atoms with E-state index in [-0.39, 0.29) is 23.4 Å². The van der Waals surface area contributed by atoms with Crippen molar-refractivity contribution in [2.24, 2.45) is 0 Å². The molecule has 4 atom stereocenters. The lowest BCUT2D eigenvalue weighted by Gasteiger charge is -2.41. The van der Waals surface area contributed by atoms with E-state index in [9.17, 15) is 9.90 Å². The molecular weight excluding hydrogens is 653 g/mol. The quantitative estimate of drug-likeness (QED) is 0.0960. The van der Waals surface area contributed by atoms with Crippen LogP contribution in [0.2, 0.25) is 30.7 Å². The van der Waals surface area contributed by atoms with E-state index < -0.39 is 22.5 Å². The summed E-state index contributed by atoms with van der Waals surface area (Å²) in [5.74, 6) is 0.826. The summed E-state index contributed by atoms with van der Waals surface area (Å²) in [6.07, 6.45) is 5.60. The maximum absolute atomic E-state index is 12.7. The van der Waals surface area contributed by atoms with Gasteiger partial charge in [-0.3, -0.25) is 0 Å². The van der Waals surface area contributed by atoms with E-state index in [0.29, 0.717) is 19.4 Å². The molecule has 4 rings (SSSR count). The minimum atomic E-state index is -3.10. The molecule has 1 aliphatic rings. The maximum atomic E-state index is 12.7. The van der Waals surface area contributed by atoms with Gasteiger partial charge in [0.2, 0.25) is 0 Å². The first-order valence-electron chi connectivity index (χ1n) is 18.4. The van der Waals surface area contributed by atoms with Crippen LogP contribution in [0, 0.1) is 0 Å². The van der Waals surface area contributed by atoms with Gasteiger partial charge in [-0.15, -0.1) is 6.58 Å². The van der Waals surface area contributed by atoms with Crippen LogP contribution < -0.4 is 15.1 Å². The molecule has 0 amide bonds. The molecule has 7 heteroatoms. The molecular formula is C43H62O5Si2. The van der Waals surface area contributed by atoms with Crippen LogP contribution >= 0.6 is 0 Å². The molecule has 0 unspecified atom stereocenters. The third-order valence-corrected chi connectivity index (χ3v) is 16.2. The van der Waals surface area contributed by atoms with Crippen LogP contribution in [-0.4, -0.2) is 57.8 Å². The Labute approximate surface area is 304 Å². The predicted octanol–water partition coefficient (Wildman–Crippen LogP) is 8.81. The molecule has 0 aromatic heterocycles. The molecule has 0 radical (unpaired) electrons. The van der Waals surface area contributed by atoms with Gasteiger partial charge < -0.3 is 24.1 Å². The first-order valence-corrected chi connectivity index (χ1v) is 24.1. The van der Waals surface area contributed by atoms with Crippen molar-refractivity contribution in [1.29, 1.82) is 0 Å². The highest BCUT2D eigenvalue weighted by Crippen LogP contribution is 2.41. The maximum Gasteiger partial charge on any atom is 0.258 e. The summed E-state index contributed by atoms with van der Waals surface area (Å²) in [6, 6.07) is 29.6. The summed E-state index contributed by atoms with van der Waals surface area (Å²) in [5.41, 5.74) is 3.42. The molecule has 1 heterocycles. The lowest BCUT2D eigenvalue weighted by molar-refractivity contribution is -0.0814. The fourth-order valence-electron chi connectivity index (χ4n) is 7.67. The van der Waals surface area contributed by atoms with Crippen molar-refractivity contribution in [2.45, 2.75) is 127 Å². The van der Waals surface area contributed by atoms with Crippen LogP contribution in [0.25, 0.3) is 0 Å². The standard InChI is InChI=1S/C43H62O5Si2/c1-33-27-39(29-36(44)26-34(2)32-49(6,7)8)48-40(28-33)30-38(47-31-35-21-23-37(46-5)24-22-35)16-15-25-43(3,4)50(45,41-17-11-9-12-18-41)42-19-13-10-14-20-42/h9-14,17-24,36,38-40,44-45H,1-2,15-16,25-32H2,3-8H3/t36-,38-,39+,40-/m0/s1. The Morgan fingerprint density at radius 2 is 1.46 bits per heavy atom. The van der Waals surface area contributed by atoms with Gasteiger partial charge in [-0.2, -0.15) is 0 Å². The molecule has 0 aliphatic carbocycles. The van der Waals surface area contributed by atoms with Crippen molar-refractivity contribution in [3.05, 3.63) is 115 Å². The van der Waals surface area contributed by atoms with Gasteiger partial charge in [-0.05, 0) is 71.3 Å². The van der Waals surface area contributed by atoms with Crippen LogP contribution in [0.15, 0.2) is 109 Å². The summed E-state index contributed by atoms with van der Waals surface area (Å²) in [7, 11) is -2.70. The largest absolute Gasteiger partial charge is 0.497 e. The predicted molar refractivity (Wildman–Crippen MR) is 214 cm³/mol. The minimum absolute atomic E-state index is 0.0209. The fourth-order valence-corrected chi connectivity index (χ4v) is 13.1. The summed E-state index contributed by atoms with van der Waals surface area (Å²) in [6.45, 7) is 20.6. The van der Waals surface area contributed by atoms with Crippen molar-refractivity contribution in [3.63, 3.8) is 0 Å². The SMILES string of the molecule is C=C1C[C@H](C[C@@H](O)CC(=C)C[Si](C)(C)C)O[C@H](C[C@H](CCCC(C)(C)[Si](O)(c2ccccc2)c2ccccc2)OCc2ccc(OC)cc2)C1. The topological polar surface area (TPSA) is 68.2 Å². The third-order valence-electron chi connectivity index (χ3n) is 10.1. The lowest BCUT2D eigenvalue weighted by Crippen LogP contribution is -2.65. The number of aliphatic hydroxyl groups is 1. The second kappa shape index (κ2) is 18.1. The zero-order valence-corrected chi connectivity index (χ0v) is 33.5. The zero-order valence-electron chi connectivity index (χ0n) is 31.5. The average molecular weight is 715 g/mol. The first-order chi connectivity index (χ1) is 23.7. The normalized spacial score (nSPS) is 18.4. The monoisotopic (exact) mass is 714 g/mol. The Bertz CT molecular complexity index is 1440. The van der Waals surface area contributed by atoms with E-state index >= 15 is 0 Å². The van der Waals surface area contributed by atoms with E-state index in [0.717, 1.165) is 71.8 Å². The van der Waals surface area contributed by atoms with E-state index in [1.165, 1.54) is 5.57 Å². The number of ether oxygens (including phenoxy) is 3. The lowest BCUT2D eigenvalue weighted by atomic mass is 9.91. The number of hydrogen-bond acceptors (Lipinski definition) is 5. The Hall–Kier alpha value is -2.79. The minimum Gasteiger partial charge on any atom is -0.497 e. The van der Waals surface area contributed by atoms with Gasteiger partial charge in [0.1, 0.15) is 5.75 Å². The fraction of sp³-hybridized carbons (Fsp3) is 0.488. The van der Waals surface area contributed by atoms with Gasteiger partial charge in [0.25, 0.3) is 8.32 Å². The van der Waals surface area contributed by atoms with E-state index in [2.05, 4.69) is 83.0 Å². The number of benzene rings is 3. The molecule has 1 saturated heterocycles. The first kappa shape index (κ1) is 40.0. The van der Waals surface area contributed by atoms with Crippen molar-refractivity contribution < 1.29 is 24.1 Å². The molecule has 50 heavy (non-hydrogen) atoms. The van der Waals surface area contributed by atoms with Gasteiger partial charge in [-0.1, -0.05) is 130 Å². The average Bonchev–Trinajstić information content (AvgIpc) is 3.06. The second-order valence-corrected chi connectivity index (χ2v) is 25.8. The van der Waals surface area contributed by atoms with Crippen molar-refractivity contribution >= 4 is 26.8 Å². The van der Waals surface area contributed by atoms with Crippen LogP contribution in [0.4, 0.5) is 0 Å². The summed E-state index contributed by atoms with van der Waals surface area (Å²) >= 11 is 0. The van der Waals surface area contributed by atoms with Crippen LogP contribution in [-0.2, 0) is 16.1 Å². The molecule has 0 bridgehead atoms. The summed E-state index contributed by atoms with van der Waals surface area (Å²) in [5, 5.41) is 12.7. The van der Waals surface area contributed by atoms with Gasteiger partial charge in [0.05, 0.1) is 38.1 Å². The summed E-state index contributed by atoms with van der Waals surface area (Å²) < 4.78 is 18.7. The number of rotatable bonds is 19. The van der Waals surface area contributed by atoms with E-state index in [4.69, 9.17) is 14.2 Å². The smallest absolute Gasteiger partial charge is 0.258 e. The molecule has 1 aliphatic heterocycles. The molecule has 3 aromatic rings. The molecule has 1 fully saturated rings. The van der Waals surface area contributed by atoms with Crippen molar-refractivity contribution in [3.8, 4) is 5.75 Å². The van der Waals surface area contributed by atoms with E-state index in [1.54, 1.807) is 7.11 Å². The Balaban J connectivity index is 1.45. The van der Waals surface area contributed by atoms with Crippen LogP contribution in [0.1, 0.15) is 70.8 Å². The third kappa shape index (κ3) is 11.6. The number of methoxy groups -OCH3 is 1.